The lowest BCUT2D eigenvalue weighted by molar-refractivity contribution is -0.112. The maximum atomic E-state index is 13.8. The van der Waals surface area contributed by atoms with Crippen molar-refractivity contribution in [1.82, 2.24) is 0 Å². The van der Waals surface area contributed by atoms with Crippen LogP contribution >= 0.6 is 0 Å². The van der Waals surface area contributed by atoms with Gasteiger partial charge in [0.15, 0.2) is 0 Å². The monoisotopic (exact) mass is 388 g/mol. The summed E-state index contributed by atoms with van der Waals surface area (Å²) >= 11 is 0. The minimum atomic E-state index is -0.665. The third-order valence-electron chi connectivity index (χ3n) is 4.28. The molecule has 5 heteroatoms. The molecule has 0 bridgehead atoms. The van der Waals surface area contributed by atoms with Crippen LogP contribution in [0.15, 0.2) is 66.2 Å². The molecule has 0 heterocycles. The zero-order valence-corrected chi connectivity index (χ0v) is 16.3. The van der Waals surface area contributed by atoms with E-state index in [1.54, 1.807) is 6.07 Å². The molecule has 1 amide bonds. The summed E-state index contributed by atoms with van der Waals surface area (Å²) in [5.41, 5.74) is 0.618. The lowest BCUT2D eigenvalue weighted by atomic mass is 10.0. The molecule has 0 aromatic heterocycles. The van der Waals surface area contributed by atoms with Gasteiger partial charge in [-0.25, -0.2) is 4.39 Å². The first kappa shape index (κ1) is 20.1. The number of hydrogen-bond donors (Lipinski definition) is 1. The SMILES string of the molecule is CC(C)COc1ccc(/C=C(\C#N)C(=O)Nc2ccccc2F)c2ccccc12. The van der Waals surface area contributed by atoms with E-state index >= 15 is 0 Å². The Morgan fingerprint density at radius 2 is 1.79 bits per heavy atom. The van der Waals surface area contributed by atoms with Crippen LogP contribution in [0.25, 0.3) is 16.8 Å². The average Bonchev–Trinajstić information content (AvgIpc) is 2.72. The Balaban J connectivity index is 1.95. The van der Waals surface area contributed by atoms with Gasteiger partial charge in [0.1, 0.15) is 23.2 Å². The number of para-hydroxylation sites is 1. The second kappa shape index (κ2) is 9.03. The molecule has 29 heavy (non-hydrogen) atoms. The number of carbonyl (C=O) groups is 1. The Hall–Kier alpha value is -3.65. The van der Waals surface area contributed by atoms with Crippen LogP contribution in [0.5, 0.6) is 5.75 Å². The summed E-state index contributed by atoms with van der Waals surface area (Å²) in [6.07, 6.45) is 1.50. The number of halogens is 1. The molecular weight excluding hydrogens is 367 g/mol. The molecule has 0 saturated heterocycles. The van der Waals surface area contributed by atoms with Crippen molar-refractivity contribution >= 4 is 28.4 Å². The van der Waals surface area contributed by atoms with Crippen molar-refractivity contribution in [1.29, 1.82) is 5.26 Å². The number of nitriles is 1. The van der Waals surface area contributed by atoms with Gasteiger partial charge in [0.05, 0.1) is 12.3 Å². The highest BCUT2D eigenvalue weighted by Gasteiger charge is 2.13. The zero-order valence-electron chi connectivity index (χ0n) is 16.3. The summed E-state index contributed by atoms with van der Waals surface area (Å²) in [4.78, 5) is 12.5. The van der Waals surface area contributed by atoms with Gasteiger partial charge in [0.2, 0.25) is 0 Å². The van der Waals surface area contributed by atoms with E-state index in [9.17, 15) is 14.4 Å². The quantitative estimate of drug-likeness (QED) is 0.444. The van der Waals surface area contributed by atoms with Crippen molar-refractivity contribution in [3.63, 3.8) is 0 Å². The van der Waals surface area contributed by atoms with Crippen molar-refractivity contribution in [2.45, 2.75) is 13.8 Å². The molecule has 0 aliphatic heterocycles. The van der Waals surface area contributed by atoms with E-state index in [1.165, 1.54) is 24.3 Å². The van der Waals surface area contributed by atoms with Gasteiger partial charge in [0.25, 0.3) is 5.91 Å². The van der Waals surface area contributed by atoms with Gasteiger partial charge >= 0.3 is 0 Å². The normalized spacial score (nSPS) is 11.3. The van der Waals surface area contributed by atoms with Crippen molar-refractivity contribution in [2.75, 3.05) is 11.9 Å². The molecule has 3 rings (SSSR count). The molecule has 0 radical (unpaired) electrons. The van der Waals surface area contributed by atoms with Crippen LogP contribution in [0.3, 0.4) is 0 Å². The van der Waals surface area contributed by atoms with Crippen LogP contribution in [-0.4, -0.2) is 12.5 Å². The lowest BCUT2D eigenvalue weighted by Gasteiger charge is -2.13. The number of anilines is 1. The first-order chi connectivity index (χ1) is 14.0. The van der Waals surface area contributed by atoms with Crippen LogP contribution in [0.2, 0.25) is 0 Å². The Bertz CT molecular complexity index is 1110. The van der Waals surface area contributed by atoms with E-state index in [1.807, 2.05) is 42.5 Å². The summed E-state index contributed by atoms with van der Waals surface area (Å²) in [6, 6.07) is 19.0. The number of rotatable bonds is 6. The Morgan fingerprint density at radius 1 is 1.10 bits per heavy atom. The van der Waals surface area contributed by atoms with Gasteiger partial charge in [-0.2, -0.15) is 5.26 Å². The van der Waals surface area contributed by atoms with Gasteiger partial charge < -0.3 is 10.1 Å². The number of ether oxygens (including phenoxy) is 1. The molecule has 0 unspecified atom stereocenters. The van der Waals surface area contributed by atoms with E-state index in [2.05, 4.69) is 19.2 Å². The number of benzene rings is 3. The third-order valence-corrected chi connectivity index (χ3v) is 4.28. The number of amides is 1. The van der Waals surface area contributed by atoms with Gasteiger partial charge in [-0.3, -0.25) is 4.79 Å². The molecule has 3 aromatic carbocycles. The average molecular weight is 388 g/mol. The maximum Gasteiger partial charge on any atom is 0.266 e. The van der Waals surface area contributed by atoms with Gasteiger partial charge in [-0.05, 0) is 41.1 Å². The maximum absolute atomic E-state index is 13.8. The Labute approximate surface area is 169 Å². The Kier molecular flexibility index (Phi) is 6.25. The fraction of sp³-hybridized carbons (Fsp3) is 0.167. The van der Waals surface area contributed by atoms with Gasteiger partial charge in [0, 0.05) is 5.39 Å². The van der Waals surface area contributed by atoms with Crippen LogP contribution in [0.1, 0.15) is 19.4 Å². The van der Waals surface area contributed by atoms with Gasteiger partial charge in [-0.1, -0.05) is 56.3 Å². The molecule has 0 atom stereocenters. The minimum absolute atomic E-state index is 0.0286. The largest absolute Gasteiger partial charge is 0.493 e. The highest BCUT2D eigenvalue weighted by Crippen LogP contribution is 2.30. The molecule has 0 aliphatic carbocycles. The van der Waals surface area contributed by atoms with E-state index < -0.39 is 11.7 Å². The van der Waals surface area contributed by atoms with Crippen molar-refractivity contribution in [2.24, 2.45) is 5.92 Å². The van der Waals surface area contributed by atoms with E-state index in [4.69, 9.17) is 4.74 Å². The molecule has 3 aromatic rings. The summed E-state index contributed by atoms with van der Waals surface area (Å²) in [6.45, 7) is 4.74. The Morgan fingerprint density at radius 3 is 2.48 bits per heavy atom. The number of nitrogens with zero attached hydrogens (tertiary/aromatic N) is 1. The molecular formula is C24H21FN2O2. The van der Waals surface area contributed by atoms with Crippen LogP contribution in [0.4, 0.5) is 10.1 Å². The minimum Gasteiger partial charge on any atom is -0.493 e. The van der Waals surface area contributed by atoms with Crippen LogP contribution in [-0.2, 0) is 4.79 Å². The number of fused-ring (bicyclic) bond motifs is 1. The molecule has 0 fully saturated rings. The predicted molar refractivity (Wildman–Crippen MR) is 113 cm³/mol. The second-order valence-corrected chi connectivity index (χ2v) is 7.01. The van der Waals surface area contributed by atoms with E-state index in [0.717, 1.165) is 16.5 Å². The molecule has 0 aliphatic rings. The summed E-state index contributed by atoms with van der Waals surface area (Å²) < 4.78 is 19.7. The highest BCUT2D eigenvalue weighted by molar-refractivity contribution is 6.11. The van der Waals surface area contributed by atoms with Crippen LogP contribution < -0.4 is 10.1 Å². The van der Waals surface area contributed by atoms with Crippen molar-refractivity contribution in [3.05, 3.63) is 77.6 Å². The topological polar surface area (TPSA) is 62.1 Å². The standard InChI is InChI=1S/C24H21FN2O2/c1-16(2)15-29-23-12-11-17(19-7-3-4-8-20(19)23)13-18(14-26)24(28)27-22-10-6-5-9-21(22)25/h3-13,16H,15H2,1-2H3,(H,27,28)/b18-13+. The van der Waals surface area contributed by atoms with Crippen molar-refractivity contribution < 1.29 is 13.9 Å². The third kappa shape index (κ3) is 4.80. The zero-order chi connectivity index (χ0) is 20.8. The molecule has 0 spiro atoms. The fourth-order valence-corrected chi connectivity index (χ4v) is 2.86. The van der Waals surface area contributed by atoms with Crippen LogP contribution in [0, 0.1) is 23.1 Å². The summed E-state index contributed by atoms with van der Waals surface area (Å²) in [5.74, 6) is -0.0848. The lowest BCUT2D eigenvalue weighted by Crippen LogP contribution is -2.14. The summed E-state index contributed by atoms with van der Waals surface area (Å²) in [5, 5.41) is 13.7. The second-order valence-electron chi connectivity index (χ2n) is 7.01. The van der Waals surface area contributed by atoms with Gasteiger partial charge in [-0.15, -0.1) is 0 Å². The molecule has 0 saturated carbocycles. The molecule has 1 N–H and O–H groups in total. The first-order valence-electron chi connectivity index (χ1n) is 9.32. The predicted octanol–water partition coefficient (Wildman–Crippen LogP) is 5.56. The molecule has 4 nitrogen and oxygen atoms in total. The number of carbonyl (C=O) groups excluding carboxylic acids is 1. The first-order valence-corrected chi connectivity index (χ1v) is 9.32. The van der Waals surface area contributed by atoms with E-state index in [0.29, 0.717) is 18.1 Å². The van der Waals surface area contributed by atoms with Crippen molar-refractivity contribution in [3.8, 4) is 11.8 Å². The smallest absolute Gasteiger partial charge is 0.266 e. The fourth-order valence-electron chi connectivity index (χ4n) is 2.86. The summed E-state index contributed by atoms with van der Waals surface area (Å²) in [7, 11) is 0. The highest BCUT2D eigenvalue weighted by atomic mass is 19.1. The molecule has 146 valence electrons. The van der Waals surface area contributed by atoms with E-state index in [-0.39, 0.29) is 11.3 Å². The number of nitrogens with one attached hydrogen (secondary N) is 1. The number of hydrogen-bond acceptors (Lipinski definition) is 3.